The Kier molecular flexibility index (Phi) is 7.08. The predicted octanol–water partition coefficient (Wildman–Crippen LogP) is -4.55. The molecule has 3 aliphatic heterocycles. The van der Waals surface area contributed by atoms with Gasteiger partial charge in [-0.2, -0.15) is 0 Å². The van der Waals surface area contributed by atoms with E-state index in [-0.39, 0.29) is 16.9 Å². The highest BCUT2D eigenvalue weighted by molar-refractivity contribution is 6.41. The number of amides is 3. The third-order valence-electron chi connectivity index (χ3n) is 8.21. The number of imide groups is 1. The summed E-state index contributed by atoms with van der Waals surface area (Å²) >= 11 is 0. The first-order chi connectivity index (χ1) is 19.1. The van der Waals surface area contributed by atoms with Crippen LogP contribution < -0.4 is 10.6 Å². The molecule has 3 heterocycles. The number of carbonyl (C=O) groups is 3. The quantitative estimate of drug-likeness (QED) is 0.114. The molecule has 16 heteroatoms. The molecule has 0 radical (unpaired) electrons. The minimum Gasteiger partial charge on any atom is -0.391 e. The molecule has 0 saturated carbocycles. The highest BCUT2D eigenvalue weighted by Crippen LogP contribution is 2.42. The topological polar surface area (TPSA) is 172 Å². The first-order valence-electron chi connectivity index (χ1n) is 13.2. The molecule has 2 atom stereocenters. The van der Waals surface area contributed by atoms with Crippen molar-refractivity contribution in [2.75, 3.05) is 31.6 Å². The summed E-state index contributed by atoms with van der Waals surface area (Å²) in [6.45, 7) is 2.49. The predicted molar refractivity (Wildman–Crippen MR) is 150 cm³/mol. The normalized spacial score (nSPS) is 26.6. The average Bonchev–Trinajstić information content (AvgIpc) is 3.26. The van der Waals surface area contributed by atoms with Crippen molar-refractivity contribution in [3.63, 3.8) is 0 Å². The largest absolute Gasteiger partial charge is 0.391 e. The van der Waals surface area contributed by atoms with E-state index < -0.39 is 46.6 Å². The van der Waals surface area contributed by atoms with Gasteiger partial charge in [-0.3, -0.25) is 29.5 Å². The second-order valence-electron chi connectivity index (χ2n) is 11.3. The SMILES string of the molecule is BC(B)(Nc1cccc2c1CN(C1(O)C(=O)NC(=O)C(B)(O)C1(O)O)C2=O)c1cccc(CN2CCOCC2)c1F. The van der Waals surface area contributed by atoms with E-state index in [0.717, 1.165) is 0 Å². The number of fused-ring (bicyclic) bond motifs is 1. The van der Waals surface area contributed by atoms with Crippen LogP contribution in [0.5, 0.6) is 0 Å². The zero-order valence-corrected chi connectivity index (χ0v) is 22.9. The second-order valence-corrected chi connectivity index (χ2v) is 11.3. The molecular formula is C25H30B3FN4O8. The molecule has 0 bridgehead atoms. The maximum Gasteiger partial charge on any atom is 0.286 e. The lowest BCUT2D eigenvalue weighted by molar-refractivity contribution is -0.345. The van der Waals surface area contributed by atoms with Crippen molar-refractivity contribution in [1.82, 2.24) is 15.1 Å². The van der Waals surface area contributed by atoms with Gasteiger partial charge in [0.15, 0.2) is 13.3 Å². The zero-order valence-electron chi connectivity index (χ0n) is 22.9. The summed E-state index contributed by atoms with van der Waals surface area (Å²) in [4.78, 5) is 40.8. The molecule has 5 rings (SSSR count). The number of rotatable bonds is 6. The summed E-state index contributed by atoms with van der Waals surface area (Å²) in [5.41, 5.74) is -4.90. The summed E-state index contributed by atoms with van der Waals surface area (Å²) in [6.07, 6.45) is 0. The van der Waals surface area contributed by atoms with Gasteiger partial charge in [-0.1, -0.05) is 24.3 Å². The number of ether oxygens (including phenoxy) is 1. The number of anilines is 1. The van der Waals surface area contributed by atoms with Crippen LogP contribution >= 0.6 is 0 Å². The van der Waals surface area contributed by atoms with Crippen LogP contribution in [0.25, 0.3) is 0 Å². The van der Waals surface area contributed by atoms with Crippen LogP contribution in [0.2, 0.25) is 0 Å². The van der Waals surface area contributed by atoms with Crippen LogP contribution in [-0.4, -0.2) is 115 Å². The number of morpholine rings is 1. The molecule has 0 aromatic heterocycles. The molecular weight excluding hydrogens is 536 g/mol. The Morgan fingerprint density at radius 3 is 2.37 bits per heavy atom. The lowest BCUT2D eigenvalue weighted by Crippen LogP contribution is -2.85. The van der Waals surface area contributed by atoms with Gasteiger partial charge < -0.3 is 30.5 Å². The Morgan fingerprint density at radius 1 is 1.02 bits per heavy atom. The van der Waals surface area contributed by atoms with Gasteiger partial charge >= 0.3 is 0 Å². The molecule has 0 spiro atoms. The highest BCUT2D eigenvalue weighted by Gasteiger charge is 2.74. The van der Waals surface area contributed by atoms with Crippen molar-refractivity contribution < 1.29 is 43.9 Å². The van der Waals surface area contributed by atoms with E-state index in [2.05, 4.69) is 10.2 Å². The van der Waals surface area contributed by atoms with E-state index in [1.807, 2.05) is 0 Å². The molecule has 2 saturated heterocycles. The van der Waals surface area contributed by atoms with E-state index in [1.54, 1.807) is 51.3 Å². The number of nitrogens with zero attached hydrogens (tertiary/aromatic N) is 2. The minimum absolute atomic E-state index is 0.0286. The number of benzene rings is 2. The maximum absolute atomic E-state index is 15.8. The first-order valence-corrected chi connectivity index (χ1v) is 13.2. The summed E-state index contributed by atoms with van der Waals surface area (Å²) < 4.78 is 21.2. The van der Waals surface area contributed by atoms with Crippen LogP contribution in [0.4, 0.5) is 10.1 Å². The third-order valence-corrected chi connectivity index (χ3v) is 8.21. The van der Waals surface area contributed by atoms with Crippen molar-refractivity contribution in [1.29, 1.82) is 0 Å². The van der Waals surface area contributed by atoms with Gasteiger partial charge in [0.25, 0.3) is 29.2 Å². The lowest BCUT2D eigenvalue weighted by atomic mass is 9.57. The van der Waals surface area contributed by atoms with E-state index in [4.69, 9.17) is 4.74 Å². The third kappa shape index (κ3) is 4.46. The van der Waals surface area contributed by atoms with Crippen molar-refractivity contribution >= 4 is 46.9 Å². The molecule has 2 aromatic rings. The molecule has 2 aromatic carbocycles. The number of hydrogen-bond acceptors (Lipinski definition) is 10. The highest BCUT2D eigenvalue weighted by atomic mass is 19.1. The average molecular weight is 566 g/mol. The number of nitrogens with one attached hydrogen (secondary N) is 2. The Balaban J connectivity index is 1.45. The van der Waals surface area contributed by atoms with Gasteiger partial charge in [0, 0.05) is 47.3 Å². The molecule has 214 valence electrons. The summed E-state index contributed by atoms with van der Waals surface area (Å²) in [5, 5.41) is 47.1. The lowest BCUT2D eigenvalue weighted by Gasteiger charge is -2.51. The van der Waals surface area contributed by atoms with Crippen LogP contribution in [0, 0.1) is 5.82 Å². The number of hydrogen-bond donors (Lipinski definition) is 6. The molecule has 6 N–H and O–H groups in total. The summed E-state index contributed by atoms with van der Waals surface area (Å²) in [6, 6.07) is 9.74. The van der Waals surface area contributed by atoms with Crippen molar-refractivity contribution in [3.05, 3.63) is 64.5 Å². The zero-order chi connectivity index (χ0) is 30.0. The molecule has 2 fully saturated rings. The second kappa shape index (κ2) is 9.93. The molecule has 2 unspecified atom stereocenters. The molecule has 3 amide bonds. The standard InChI is InChI=1S/C25H30B3FN4O8/c26-22(37)20(35)30-21(36)23(38,25(22,39)40)33-12-15-14(19(33)34)4-2-6-17(15)31-24(27,28)16-5-1-3-13(18(16)29)11-32-7-9-41-10-8-32/h1-6,31,37-40H,7-12,26-28H2,(H,30,35,36). The van der Waals surface area contributed by atoms with Crippen LogP contribution in [0.1, 0.15) is 27.0 Å². The van der Waals surface area contributed by atoms with E-state index >= 15 is 4.39 Å². The minimum atomic E-state index is -3.76. The molecule has 41 heavy (non-hydrogen) atoms. The van der Waals surface area contributed by atoms with Crippen LogP contribution in [0.3, 0.4) is 0 Å². The fourth-order valence-corrected chi connectivity index (χ4v) is 5.58. The van der Waals surface area contributed by atoms with E-state index in [9.17, 15) is 34.8 Å². The van der Waals surface area contributed by atoms with Gasteiger partial charge in [0.1, 0.15) is 21.5 Å². The number of halogens is 1. The van der Waals surface area contributed by atoms with Gasteiger partial charge in [-0.15, -0.1) is 0 Å². The van der Waals surface area contributed by atoms with Crippen molar-refractivity contribution in [2.24, 2.45) is 0 Å². The van der Waals surface area contributed by atoms with Gasteiger partial charge in [0.05, 0.1) is 19.8 Å². The van der Waals surface area contributed by atoms with E-state index in [1.165, 1.54) is 6.07 Å². The molecule has 3 aliphatic rings. The Hall–Kier alpha value is -3.27. The van der Waals surface area contributed by atoms with Crippen LogP contribution in [0.15, 0.2) is 36.4 Å². The number of carbonyl (C=O) groups excluding carboxylic acids is 3. The van der Waals surface area contributed by atoms with E-state index in [0.29, 0.717) is 62.4 Å². The first kappa shape index (κ1) is 29.2. The Labute approximate surface area is 237 Å². The van der Waals surface area contributed by atoms with Gasteiger partial charge in [-0.25, -0.2) is 4.39 Å². The van der Waals surface area contributed by atoms with Gasteiger partial charge in [0.2, 0.25) is 0 Å². The fourth-order valence-electron chi connectivity index (χ4n) is 5.58. The molecule has 12 nitrogen and oxygen atoms in total. The van der Waals surface area contributed by atoms with Crippen molar-refractivity contribution in [2.45, 2.75) is 35.4 Å². The number of aliphatic hydroxyl groups is 4. The Morgan fingerprint density at radius 2 is 1.68 bits per heavy atom. The monoisotopic (exact) mass is 566 g/mol. The van der Waals surface area contributed by atoms with Crippen LogP contribution in [-0.2, 0) is 32.8 Å². The fraction of sp³-hybridized carbons (Fsp3) is 0.400. The summed E-state index contributed by atoms with van der Waals surface area (Å²) in [7, 11) is 4.22. The molecule has 0 aliphatic carbocycles. The number of piperidine rings is 1. The Bertz CT molecular complexity index is 1440. The smallest absolute Gasteiger partial charge is 0.286 e. The summed E-state index contributed by atoms with van der Waals surface area (Å²) in [5.74, 6) is -8.13. The van der Waals surface area contributed by atoms with Gasteiger partial charge in [-0.05, 0) is 17.7 Å². The maximum atomic E-state index is 15.8. The van der Waals surface area contributed by atoms with Crippen molar-refractivity contribution in [3.8, 4) is 0 Å².